The minimum Gasteiger partial charge on any atom is -0.371 e. The lowest BCUT2D eigenvalue weighted by atomic mass is 9.92. The second-order valence-corrected chi connectivity index (χ2v) is 6.42. The lowest BCUT2D eigenvalue weighted by molar-refractivity contribution is 0.1000. The zero-order chi connectivity index (χ0) is 16.3. The molecule has 0 saturated carbocycles. The largest absolute Gasteiger partial charge is 0.371 e. The first kappa shape index (κ1) is 16.7. The Morgan fingerprint density at radius 2 is 2.00 bits per heavy atom. The van der Waals surface area contributed by atoms with E-state index in [2.05, 4.69) is 4.90 Å². The lowest BCUT2D eigenvalue weighted by Gasteiger charge is -2.35. The molecule has 0 radical (unpaired) electrons. The Morgan fingerprint density at radius 1 is 1.36 bits per heavy atom. The summed E-state index contributed by atoms with van der Waals surface area (Å²) >= 11 is 0. The Labute approximate surface area is 131 Å². The molecule has 0 atom stereocenters. The van der Waals surface area contributed by atoms with Crippen LogP contribution < -0.4 is 16.4 Å². The molecule has 1 amide bonds. The van der Waals surface area contributed by atoms with Crippen LogP contribution in [0.2, 0.25) is 0 Å². The Kier molecular flexibility index (Phi) is 5.40. The van der Waals surface area contributed by atoms with Crippen molar-refractivity contribution in [3.63, 3.8) is 0 Å². The van der Waals surface area contributed by atoms with Crippen LogP contribution in [0, 0.1) is 11.7 Å². The van der Waals surface area contributed by atoms with Crippen LogP contribution in [0.25, 0.3) is 0 Å². The van der Waals surface area contributed by atoms with Gasteiger partial charge in [-0.25, -0.2) is 4.39 Å². The SMILES string of the molecule is CC(C)c1cc(N2CCC(CCN)CC2)c(C(N)=O)cc1F. The second-order valence-electron chi connectivity index (χ2n) is 6.42. The molecular weight excluding hydrogens is 281 g/mol. The predicted molar refractivity (Wildman–Crippen MR) is 87.6 cm³/mol. The molecule has 1 saturated heterocycles. The number of piperidine rings is 1. The third kappa shape index (κ3) is 3.58. The summed E-state index contributed by atoms with van der Waals surface area (Å²) in [5, 5.41) is 0. The molecule has 1 aromatic rings. The van der Waals surface area contributed by atoms with Crippen LogP contribution in [-0.2, 0) is 0 Å². The van der Waals surface area contributed by atoms with Crippen LogP contribution in [0.15, 0.2) is 12.1 Å². The molecule has 1 aliphatic rings. The molecule has 0 aliphatic carbocycles. The van der Waals surface area contributed by atoms with Crippen molar-refractivity contribution in [3.05, 3.63) is 29.1 Å². The van der Waals surface area contributed by atoms with Gasteiger partial charge in [-0.05, 0) is 55.3 Å². The number of rotatable bonds is 5. The van der Waals surface area contributed by atoms with Crippen molar-refractivity contribution in [2.24, 2.45) is 17.4 Å². The quantitative estimate of drug-likeness (QED) is 0.878. The zero-order valence-corrected chi connectivity index (χ0v) is 13.4. The van der Waals surface area contributed by atoms with Gasteiger partial charge in [0.05, 0.1) is 5.56 Å². The summed E-state index contributed by atoms with van der Waals surface area (Å²) in [6, 6.07) is 3.09. The molecule has 4 nitrogen and oxygen atoms in total. The van der Waals surface area contributed by atoms with Crippen LogP contribution in [0.3, 0.4) is 0 Å². The summed E-state index contributed by atoms with van der Waals surface area (Å²) in [4.78, 5) is 13.8. The van der Waals surface area contributed by atoms with Crippen LogP contribution in [0.1, 0.15) is 54.9 Å². The van der Waals surface area contributed by atoms with E-state index in [0.717, 1.165) is 38.0 Å². The van der Waals surface area contributed by atoms with Crippen LogP contribution >= 0.6 is 0 Å². The van der Waals surface area contributed by atoms with Gasteiger partial charge < -0.3 is 16.4 Å². The monoisotopic (exact) mass is 307 g/mol. The highest BCUT2D eigenvalue weighted by Crippen LogP contribution is 2.32. The number of primary amides is 1. The van der Waals surface area contributed by atoms with E-state index < -0.39 is 5.91 Å². The second kappa shape index (κ2) is 7.09. The number of anilines is 1. The van der Waals surface area contributed by atoms with E-state index in [-0.39, 0.29) is 17.3 Å². The first-order valence-corrected chi connectivity index (χ1v) is 8.02. The standard InChI is InChI=1S/C17H26FN3O/c1-11(2)13-10-16(14(17(20)22)9-15(13)18)21-7-4-12(3-6-19)5-8-21/h9-12H,3-8,19H2,1-2H3,(H2,20,22). The molecule has 1 aromatic carbocycles. The summed E-state index contributed by atoms with van der Waals surface area (Å²) in [5.74, 6) is -0.224. The number of amides is 1. The first-order chi connectivity index (χ1) is 10.4. The first-order valence-electron chi connectivity index (χ1n) is 8.02. The summed E-state index contributed by atoms with van der Waals surface area (Å²) in [6.45, 7) is 6.31. The van der Waals surface area contributed by atoms with E-state index in [1.165, 1.54) is 6.07 Å². The van der Waals surface area contributed by atoms with Crippen LogP contribution in [0.4, 0.5) is 10.1 Å². The fourth-order valence-corrected chi connectivity index (χ4v) is 3.18. The molecule has 0 spiro atoms. The van der Waals surface area contributed by atoms with Gasteiger partial charge in [0.2, 0.25) is 0 Å². The number of carbonyl (C=O) groups is 1. The van der Waals surface area contributed by atoms with Crippen molar-refractivity contribution in [1.29, 1.82) is 0 Å². The van der Waals surface area contributed by atoms with E-state index in [9.17, 15) is 9.18 Å². The average molecular weight is 307 g/mol. The molecule has 0 unspecified atom stereocenters. The highest BCUT2D eigenvalue weighted by atomic mass is 19.1. The normalized spacial score (nSPS) is 16.3. The Balaban J connectivity index is 2.29. The number of carbonyl (C=O) groups excluding carboxylic acids is 1. The fourth-order valence-electron chi connectivity index (χ4n) is 3.18. The van der Waals surface area contributed by atoms with E-state index in [4.69, 9.17) is 11.5 Å². The minimum absolute atomic E-state index is 0.0652. The smallest absolute Gasteiger partial charge is 0.250 e. The van der Waals surface area contributed by atoms with Crippen molar-refractivity contribution < 1.29 is 9.18 Å². The number of halogens is 1. The van der Waals surface area contributed by atoms with Gasteiger partial charge in [0.15, 0.2) is 0 Å². The number of benzene rings is 1. The molecule has 122 valence electrons. The van der Waals surface area contributed by atoms with Gasteiger partial charge in [0, 0.05) is 18.8 Å². The molecule has 1 fully saturated rings. The predicted octanol–water partition coefficient (Wildman–Crippen LogP) is 2.61. The van der Waals surface area contributed by atoms with Crippen molar-refractivity contribution in [1.82, 2.24) is 0 Å². The number of nitrogens with zero attached hydrogens (tertiary/aromatic N) is 1. The van der Waals surface area contributed by atoms with Gasteiger partial charge in [-0.3, -0.25) is 4.79 Å². The van der Waals surface area contributed by atoms with Gasteiger partial charge in [0.1, 0.15) is 5.82 Å². The highest BCUT2D eigenvalue weighted by molar-refractivity contribution is 5.99. The topological polar surface area (TPSA) is 72.3 Å². The molecule has 1 aliphatic heterocycles. The number of nitrogens with two attached hydrogens (primary N) is 2. The Morgan fingerprint density at radius 3 is 2.50 bits per heavy atom. The molecule has 0 aromatic heterocycles. The maximum absolute atomic E-state index is 14.1. The maximum Gasteiger partial charge on any atom is 0.250 e. The number of hydrogen-bond donors (Lipinski definition) is 2. The van der Waals surface area contributed by atoms with Crippen molar-refractivity contribution in [2.45, 2.75) is 39.0 Å². The van der Waals surface area contributed by atoms with E-state index in [1.807, 2.05) is 13.8 Å². The fraction of sp³-hybridized carbons (Fsp3) is 0.588. The van der Waals surface area contributed by atoms with Gasteiger partial charge >= 0.3 is 0 Å². The van der Waals surface area contributed by atoms with E-state index in [0.29, 0.717) is 18.0 Å². The lowest BCUT2D eigenvalue weighted by Crippen LogP contribution is -2.36. The van der Waals surface area contributed by atoms with Gasteiger partial charge in [-0.15, -0.1) is 0 Å². The zero-order valence-electron chi connectivity index (χ0n) is 13.4. The molecule has 4 N–H and O–H groups in total. The minimum atomic E-state index is -0.576. The molecule has 0 bridgehead atoms. The molecule has 2 rings (SSSR count). The van der Waals surface area contributed by atoms with Crippen molar-refractivity contribution in [2.75, 3.05) is 24.5 Å². The Hall–Kier alpha value is -1.62. The van der Waals surface area contributed by atoms with Gasteiger partial charge in [-0.1, -0.05) is 13.8 Å². The Bertz CT molecular complexity index is 537. The van der Waals surface area contributed by atoms with Crippen LogP contribution in [-0.4, -0.2) is 25.5 Å². The molecule has 5 heteroatoms. The van der Waals surface area contributed by atoms with Gasteiger partial charge in [0.25, 0.3) is 5.91 Å². The van der Waals surface area contributed by atoms with Gasteiger partial charge in [-0.2, -0.15) is 0 Å². The van der Waals surface area contributed by atoms with E-state index in [1.54, 1.807) is 6.07 Å². The number of hydrogen-bond acceptors (Lipinski definition) is 3. The van der Waals surface area contributed by atoms with E-state index >= 15 is 0 Å². The summed E-state index contributed by atoms with van der Waals surface area (Å²) in [6.07, 6.45) is 3.13. The summed E-state index contributed by atoms with van der Waals surface area (Å²) in [5.41, 5.74) is 12.7. The summed E-state index contributed by atoms with van der Waals surface area (Å²) < 4.78 is 14.1. The summed E-state index contributed by atoms with van der Waals surface area (Å²) in [7, 11) is 0. The highest BCUT2D eigenvalue weighted by Gasteiger charge is 2.24. The van der Waals surface area contributed by atoms with Crippen LogP contribution in [0.5, 0.6) is 0 Å². The molecule has 1 heterocycles. The van der Waals surface area contributed by atoms with Crippen molar-refractivity contribution in [3.8, 4) is 0 Å². The maximum atomic E-state index is 14.1. The molecule has 22 heavy (non-hydrogen) atoms. The third-order valence-electron chi connectivity index (χ3n) is 4.53. The molecular formula is C17H26FN3O. The average Bonchev–Trinajstić information content (AvgIpc) is 2.47. The third-order valence-corrected chi connectivity index (χ3v) is 4.53. The van der Waals surface area contributed by atoms with Crippen molar-refractivity contribution >= 4 is 11.6 Å².